The van der Waals surface area contributed by atoms with E-state index >= 15 is 0 Å². The Bertz CT molecular complexity index is 421. The van der Waals surface area contributed by atoms with E-state index in [1.54, 1.807) is 19.1 Å². The van der Waals surface area contributed by atoms with Gasteiger partial charge in [0, 0.05) is 6.07 Å². The van der Waals surface area contributed by atoms with Gasteiger partial charge in [0.05, 0.1) is 12.0 Å². The van der Waals surface area contributed by atoms with Crippen molar-refractivity contribution in [1.29, 1.82) is 5.26 Å². The highest BCUT2D eigenvalue weighted by molar-refractivity contribution is 5.59. The topological polar surface area (TPSA) is 76.2 Å². The van der Waals surface area contributed by atoms with Gasteiger partial charge in [0.1, 0.15) is 11.8 Å². The molecule has 1 aromatic rings. The van der Waals surface area contributed by atoms with Gasteiger partial charge >= 0.3 is 0 Å². The fourth-order valence-electron chi connectivity index (χ4n) is 1.20. The summed E-state index contributed by atoms with van der Waals surface area (Å²) in [7, 11) is 1.38. The minimum atomic E-state index is -0.597. The molecule has 0 unspecified atom stereocenters. The number of nitrogens with zero attached hydrogens (tertiary/aromatic N) is 2. The normalized spacial score (nSPS) is 9.21. The number of nitro benzene ring substituents is 1. The van der Waals surface area contributed by atoms with Gasteiger partial charge in [-0.2, -0.15) is 5.26 Å². The minimum Gasteiger partial charge on any atom is -0.495 e. The highest BCUT2D eigenvalue weighted by Crippen LogP contribution is 2.30. The largest absolute Gasteiger partial charge is 0.495 e. The summed E-state index contributed by atoms with van der Waals surface area (Å²) in [6.45, 7) is 1.73. The Morgan fingerprint density at radius 2 is 2.21 bits per heavy atom. The van der Waals surface area contributed by atoms with Gasteiger partial charge in [0.25, 0.3) is 5.69 Å². The van der Waals surface area contributed by atoms with Crippen LogP contribution in [-0.2, 0) is 0 Å². The number of aryl methyl sites for hydroxylation is 1. The maximum absolute atomic E-state index is 10.6. The predicted molar refractivity (Wildman–Crippen MR) is 49.1 cm³/mol. The monoisotopic (exact) mass is 192 g/mol. The average molecular weight is 192 g/mol. The number of hydrogen-bond donors (Lipinski definition) is 0. The predicted octanol–water partition coefficient (Wildman–Crippen LogP) is 1.78. The van der Waals surface area contributed by atoms with E-state index in [0.717, 1.165) is 0 Å². The van der Waals surface area contributed by atoms with Crippen LogP contribution in [0.4, 0.5) is 5.69 Å². The van der Waals surface area contributed by atoms with Crippen LogP contribution in [0.1, 0.15) is 11.1 Å². The van der Waals surface area contributed by atoms with Crippen LogP contribution in [0.5, 0.6) is 5.75 Å². The van der Waals surface area contributed by atoms with Crippen molar-refractivity contribution in [3.05, 3.63) is 33.4 Å². The summed E-state index contributed by atoms with van der Waals surface area (Å²) in [5.74, 6) is 0.265. The lowest BCUT2D eigenvalue weighted by Gasteiger charge is -2.05. The van der Waals surface area contributed by atoms with Gasteiger partial charge in [-0.25, -0.2) is 0 Å². The van der Waals surface area contributed by atoms with Crippen molar-refractivity contribution in [2.24, 2.45) is 0 Å². The van der Waals surface area contributed by atoms with Gasteiger partial charge in [-0.15, -0.1) is 0 Å². The quantitative estimate of drug-likeness (QED) is 0.528. The number of nitro groups is 1. The third-order valence-electron chi connectivity index (χ3n) is 1.85. The Morgan fingerprint density at radius 3 is 2.64 bits per heavy atom. The molecule has 0 amide bonds. The molecule has 5 heteroatoms. The first kappa shape index (κ1) is 9.99. The average Bonchev–Trinajstić information content (AvgIpc) is 2.16. The molecule has 1 rings (SSSR count). The molecule has 0 N–H and O–H groups in total. The molecule has 0 radical (unpaired) electrons. The molecule has 0 aliphatic carbocycles. The summed E-state index contributed by atoms with van der Waals surface area (Å²) in [5.41, 5.74) is 0.446. The van der Waals surface area contributed by atoms with Crippen LogP contribution in [0.2, 0.25) is 0 Å². The molecule has 0 aromatic heterocycles. The van der Waals surface area contributed by atoms with Crippen LogP contribution in [0.3, 0.4) is 0 Å². The Balaban J connectivity index is 3.50. The van der Waals surface area contributed by atoms with Gasteiger partial charge in [-0.05, 0) is 18.6 Å². The van der Waals surface area contributed by atoms with Gasteiger partial charge in [-0.1, -0.05) is 0 Å². The molecule has 5 nitrogen and oxygen atoms in total. The maximum Gasteiger partial charge on any atom is 0.290 e. The highest BCUT2D eigenvalue weighted by atomic mass is 16.6. The molecule has 0 heterocycles. The van der Waals surface area contributed by atoms with Gasteiger partial charge in [0.2, 0.25) is 0 Å². The van der Waals surface area contributed by atoms with Gasteiger partial charge in [-0.3, -0.25) is 10.1 Å². The second-order valence-electron chi connectivity index (χ2n) is 2.68. The van der Waals surface area contributed by atoms with Crippen molar-refractivity contribution in [3.63, 3.8) is 0 Å². The number of nitriles is 1. The summed E-state index contributed by atoms with van der Waals surface area (Å²) < 4.78 is 4.93. The van der Waals surface area contributed by atoms with Crippen LogP contribution in [0.25, 0.3) is 0 Å². The Morgan fingerprint density at radius 1 is 1.57 bits per heavy atom. The second-order valence-corrected chi connectivity index (χ2v) is 2.68. The lowest BCUT2D eigenvalue weighted by molar-refractivity contribution is -0.385. The maximum atomic E-state index is 10.6. The molecule has 14 heavy (non-hydrogen) atoms. The first-order valence-corrected chi connectivity index (χ1v) is 3.84. The Kier molecular flexibility index (Phi) is 2.67. The lowest BCUT2D eigenvalue weighted by atomic mass is 10.1. The number of benzene rings is 1. The molecule has 0 aliphatic heterocycles. The molecule has 72 valence electrons. The standard InChI is InChI=1S/C9H8N2O3/c1-6-3-4-8(11(12)13)7(5-10)9(6)14-2/h3-4H,1-2H3. The van der Waals surface area contributed by atoms with Crippen LogP contribution < -0.4 is 4.74 Å². The van der Waals surface area contributed by atoms with E-state index in [1.807, 2.05) is 0 Å². The molecule has 0 atom stereocenters. The third-order valence-corrected chi connectivity index (χ3v) is 1.85. The van der Waals surface area contributed by atoms with Crippen molar-refractivity contribution in [2.45, 2.75) is 6.92 Å². The Hall–Kier alpha value is -2.09. The number of rotatable bonds is 2. The van der Waals surface area contributed by atoms with E-state index < -0.39 is 4.92 Å². The van der Waals surface area contributed by atoms with Crippen molar-refractivity contribution >= 4 is 5.69 Å². The van der Waals surface area contributed by atoms with Gasteiger partial charge in [0.15, 0.2) is 5.56 Å². The van der Waals surface area contributed by atoms with Crippen LogP contribution in [-0.4, -0.2) is 12.0 Å². The minimum absolute atomic E-state index is 0.0301. The van der Waals surface area contributed by atoms with E-state index in [2.05, 4.69) is 0 Å². The fraction of sp³-hybridized carbons (Fsp3) is 0.222. The fourth-order valence-corrected chi connectivity index (χ4v) is 1.20. The van der Waals surface area contributed by atoms with E-state index in [0.29, 0.717) is 5.56 Å². The smallest absolute Gasteiger partial charge is 0.290 e. The molecule has 0 spiro atoms. The highest BCUT2D eigenvalue weighted by Gasteiger charge is 2.19. The van der Waals surface area contributed by atoms with Crippen molar-refractivity contribution in [1.82, 2.24) is 0 Å². The second kappa shape index (κ2) is 3.75. The molecular weight excluding hydrogens is 184 g/mol. The zero-order chi connectivity index (χ0) is 10.7. The molecule has 0 bridgehead atoms. The van der Waals surface area contributed by atoms with Crippen LogP contribution >= 0.6 is 0 Å². The van der Waals surface area contributed by atoms with Crippen LogP contribution in [0.15, 0.2) is 12.1 Å². The van der Waals surface area contributed by atoms with E-state index in [1.165, 1.54) is 13.2 Å². The summed E-state index contributed by atoms with van der Waals surface area (Å²) in [6.07, 6.45) is 0. The molecule has 0 saturated carbocycles. The SMILES string of the molecule is COc1c(C)ccc([N+](=O)[O-])c1C#N. The molecule has 0 aliphatic rings. The van der Waals surface area contributed by atoms with E-state index in [9.17, 15) is 10.1 Å². The summed E-state index contributed by atoms with van der Waals surface area (Å²) in [4.78, 5) is 9.96. The zero-order valence-electron chi connectivity index (χ0n) is 7.77. The molecule has 0 fully saturated rings. The molecule has 1 aromatic carbocycles. The zero-order valence-corrected chi connectivity index (χ0v) is 7.77. The van der Waals surface area contributed by atoms with Crippen molar-refractivity contribution in [3.8, 4) is 11.8 Å². The summed E-state index contributed by atoms with van der Waals surface area (Å²) in [5, 5.41) is 19.3. The lowest BCUT2D eigenvalue weighted by Crippen LogP contribution is -1.97. The molecular formula is C9H8N2O3. The molecule has 0 saturated heterocycles. The van der Waals surface area contributed by atoms with E-state index in [4.69, 9.17) is 10.00 Å². The van der Waals surface area contributed by atoms with Crippen LogP contribution in [0, 0.1) is 28.4 Å². The Labute approximate surface area is 80.7 Å². The summed E-state index contributed by atoms with van der Waals surface area (Å²) in [6, 6.07) is 4.63. The summed E-state index contributed by atoms with van der Waals surface area (Å²) >= 11 is 0. The van der Waals surface area contributed by atoms with Crippen molar-refractivity contribution < 1.29 is 9.66 Å². The van der Waals surface area contributed by atoms with Crippen molar-refractivity contribution in [2.75, 3.05) is 7.11 Å². The number of methoxy groups -OCH3 is 1. The van der Waals surface area contributed by atoms with E-state index in [-0.39, 0.29) is 17.0 Å². The number of ether oxygens (including phenoxy) is 1. The first-order valence-electron chi connectivity index (χ1n) is 3.84. The number of hydrogen-bond acceptors (Lipinski definition) is 4. The first-order chi connectivity index (χ1) is 6.61. The van der Waals surface area contributed by atoms with Gasteiger partial charge < -0.3 is 4.74 Å². The third kappa shape index (κ3) is 1.50.